The summed E-state index contributed by atoms with van der Waals surface area (Å²) in [7, 11) is 0. The third-order valence-corrected chi connectivity index (χ3v) is 7.59. The van der Waals surface area contributed by atoms with Crippen molar-refractivity contribution in [3.8, 4) is 0 Å². The molecule has 0 atom stereocenters. The molecule has 1 saturated carbocycles. The number of amides is 2. The molecule has 0 aliphatic heterocycles. The predicted molar refractivity (Wildman–Crippen MR) is 142 cm³/mol. The van der Waals surface area contributed by atoms with Crippen LogP contribution in [0.4, 0.5) is 10.8 Å². The number of hydrogen-bond donors (Lipinski definition) is 2. The summed E-state index contributed by atoms with van der Waals surface area (Å²) in [6.07, 6.45) is 6.50. The second kappa shape index (κ2) is 10.2. The summed E-state index contributed by atoms with van der Waals surface area (Å²) in [6, 6.07) is 13.9. The van der Waals surface area contributed by atoms with Crippen molar-refractivity contribution < 1.29 is 9.59 Å². The van der Waals surface area contributed by atoms with Gasteiger partial charge in [-0.1, -0.05) is 56.6 Å². The largest absolute Gasteiger partial charge is 0.327 e. The number of fused-ring (bicyclic) bond motifs is 2. The topological polar surface area (TPSA) is 88.9 Å². The van der Waals surface area contributed by atoms with Crippen LogP contribution in [0.2, 0.25) is 0 Å². The van der Waals surface area contributed by atoms with Gasteiger partial charge in [-0.3, -0.25) is 9.59 Å². The number of rotatable bonds is 7. The monoisotopic (exact) mass is 489 g/mol. The minimum Gasteiger partial charge on any atom is -0.327 e. The summed E-state index contributed by atoms with van der Waals surface area (Å²) in [5, 5.41) is 6.44. The molecule has 0 spiro atoms. The number of carbonyl (C=O) groups is 2. The van der Waals surface area contributed by atoms with Crippen LogP contribution in [0.25, 0.3) is 21.3 Å². The molecule has 0 unspecified atom stereocenters. The molecule has 35 heavy (non-hydrogen) atoms. The average Bonchev–Trinajstić information content (AvgIpc) is 3.43. The number of para-hydroxylation sites is 2. The molecule has 0 saturated heterocycles. The summed E-state index contributed by atoms with van der Waals surface area (Å²) in [5.41, 5.74) is 3.56. The Kier molecular flexibility index (Phi) is 6.81. The first kappa shape index (κ1) is 23.5. The molecule has 1 fully saturated rings. The first-order valence-corrected chi connectivity index (χ1v) is 13.3. The molecule has 2 aromatic heterocycles. The van der Waals surface area contributed by atoms with Gasteiger partial charge in [-0.2, -0.15) is 0 Å². The van der Waals surface area contributed by atoms with E-state index in [9.17, 15) is 9.59 Å². The van der Waals surface area contributed by atoms with Crippen LogP contribution in [0.15, 0.2) is 42.5 Å². The smallest absolute Gasteiger partial charge is 0.228 e. The minimum absolute atomic E-state index is 0.0414. The van der Waals surface area contributed by atoms with Crippen molar-refractivity contribution >= 4 is 55.2 Å². The first-order chi connectivity index (χ1) is 17.0. The van der Waals surface area contributed by atoms with Crippen molar-refractivity contribution in [1.29, 1.82) is 0 Å². The van der Waals surface area contributed by atoms with E-state index in [1.807, 2.05) is 44.2 Å². The number of thiazole rings is 1. The van der Waals surface area contributed by atoms with Gasteiger partial charge in [0.15, 0.2) is 5.13 Å². The summed E-state index contributed by atoms with van der Waals surface area (Å²) in [6.45, 7) is 4.30. The van der Waals surface area contributed by atoms with Crippen LogP contribution in [0, 0.1) is 5.92 Å². The lowest BCUT2D eigenvalue weighted by Crippen LogP contribution is -2.17. The van der Waals surface area contributed by atoms with E-state index in [0.717, 1.165) is 27.1 Å². The maximum Gasteiger partial charge on any atom is 0.228 e. The second-order valence-electron chi connectivity index (χ2n) is 9.59. The van der Waals surface area contributed by atoms with Gasteiger partial charge in [-0.25, -0.2) is 9.97 Å². The molecule has 2 heterocycles. The van der Waals surface area contributed by atoms with Crippen LogP contribution in [0.3, 0.4) is 0 Å². The number of carbonyl (C=O) groups excluding carboxylic acids is 2. The Morgan fingerprint density at radius 1 is 1.03 bits per heavy atom. The molecule has 5 rings (SSSR count). The summed E-state index contributed by atoms with van der Waals surface area (Å²) < 4.78 is 3.21. The summed E-state index contributed by atoms with van der Waals surface area (Å²) >= 11 is 1.43. The Bertz CT molecular complexity index is 1370. The number of aromatic nitrogens is 3. The normalized spacial score (nSPS) is 14.6. The number of nitrogens with zero attached hydrogens (tertiary/aromatic N) is 3. The van der Waals surface area contributed by atoms with E-state index in [2.05, 4.69) is 32.3 Å². The van der Waals surface area contributed by atoms with Crippen LogP contribution in [-0.4, -0.2) is 26.3 Å². The van der Waals surface area contributed by atoms with Crippen LogP contribution in [0.5, 0.6) is 0 Å². The van der Waals surface area contributed by atoms with Crippen molar-refractivity contribution in [3.05, 3.63) is 48.3 Å². The number of hydrogen-bond acceptors (Lipinski definition) is 5. The van der Waals surface area contributed by atoms with E-state index in [4.69, 9.17) is 4.98 Å². The maximum absolute atomic E-state index is 12.9. The van der Waals surface area contributed by atoms with Crippen LogP contribution >= 0.6 is 11.3 Å². The molecular weight excluding hydrogens is 458 g/mol. The fraction of sp³-hybridized carbons (Fsp3) is 0.407. The standard InChI is InChI=1S/C27H31N5O2S/c1-17(2)26(34)31-27-30-21-16-19(12-13-23(21)35-27)28-24(33)14-15-32-22-11-7-6-10-20(22)29-25(32)18-8-4-3-5-9-18/h6-7,10-13,16-18H,3-5,8-9,14-15H2,1-2H3,(H,28,33)(H,30,31,34). The number of nitrogens with one attached hydrogen (secondary N) is 2. The van der Waals surface area contributed by atoms with Gasteiger partial charge in [-0.05, 0) is 43.2 Å². The third-order valence-electron chi connectivity index (χ3n) is 6.64. The SMILES string of the molecule is CC(C)C(=O)Nc1nc2cc(NC(=O)CCn3c(C4CCCCC4)nc4ccccc43)ccc2s1. The number of imidazole rings is 1. The van der Waals surface area contributed by atoms with Gasteiger partial charge in [0.1, 0.15) is 5.82 Å². The predicted octanol–water partition coefficient (Wildman–Crippen LogP) is 6.32. The average molecular weight is 490 g/mol. The summed E-state index contributed by atoms with van der Waals surface area (Å²) in [4.78, 5) is 34.3. The van der Waals surface area contributed by atoms with E-state index in [1.165, 1.54) is 43.4 Å². The van der Waals surface area contributed by atoms with Crippen LogP contribution in [0.1, 0.15) is 64.1 Å². The van der Waals surface area contributed by atoms with Gasteiger partial charge in [-0.15, -0.1) is 0 Å². The molecule has 2 amide bonds. The Morgan fingerprint density at radius 2 is 1.83 bits per heavy atom. The van der Waals surface area contributed by atoms with Gasteiger partial charge in [0.2, 0.25) is 11.8 Å². The lowest BCUT2D eigenvalue weighted by Gasteiger charge is -2.22. The molecule has 0 radical (unpaired) electrons. The molecular formula is C27H31N5O2S. The fourth-order valence-electron chi connectivity index (χ4n) is 4.75. The van der Waals surface area contributed by atoms with Crippen molar-refractivity contribution in [2.75, 3.05) is 10.6 Å². The molecule has 2 N–H and O–H groups in total. The van der Waals surface area contributed by atoms with Crippen LogP contribution < -0.4 is 10.6 Å². The molecule has 1 aliphatic rings. The van der Waals surface area contributed by atoms with E-state index in [0.29, 0.717) is 29.7 Å². The molecule has 8 heteroatoms. The lowest BCUT2D eigenvalue weighted by molar-refractivity contribution is -0.119. The van der Waals surface area contributed by atoms with Gasteiger partial charge in [0, 0.05) is 30.5 Å². The molecule has 4 aromatic rings. The Balaban J connectivity index is 1.28. The summed E-state index contributed by atoms with van der Waals surface area (Å²) in [5.74, 6) is 1.39. The maximum atomic E-state index is 12.9. The quantitative estimate of drug-likeness (QED) is 0.318. The molecule has 182 valence electrons. The highest BCUT2D eigenvalue weighted by atomic mass is 32.1. The van der Waals surface area contributed by atoms with E-state index in [1.54, 1.807) is 0 Å². The van der Waals surface area contributed by atoms with Crippen LogP contribution in [-0.2, 0) is 16.1 Å². The molecule has 1 aliphatic carbocycles. The lowest BCUT2D eigenvalue weighted by atomic mass is 9.88. The van der Waals surface area contributed by atoms with E-state index in [-0.39, 0.29) is 17.7 Å². The van der Waals surface area contributed by atoms with Crippen molar-refractivity contribution in [3.63, 3.8) is 0 Å². The van der Waals surface area contributed by atoms with E-state index >= 15 is 0 Å². The highest BCUT2D eigenvalue weighted by Crippen LogP contribution is 2.34. The highest BCUT2D eigenvalue weighted by Gasteiger charge is 2.22. The van der Waals surface area contributed by atoms with Crippen molar-refractivity contribution in [2.45, 2.75) is 64.8 Å². The second-order valence-corrected chi connectivity index (χ2v) is 10.6. The number of aryl methyl sites for hydroxylation is 1. The molecule has 0 bridgehead atoms. The van der Waals surface area contributed by atoms with Crippen molar-refractivity contribution in [1.82, 2.24) is 14.5 Å². The molecule has 2 aromatic carbocycles. The van der Waals surface area contributed by atoms with Gasteiger partial charge in [0.05, 0.1) is 21.3 Å². The zero-order valence-corrected chi connectivity index (χ0v) is 21.0. The number of anilines is 2. The van der Waals surface area contributed by atoms with Crippen molar-refractivity contribution in [2.24, 2.45) is 5.92 Å². The first-order valence-electron chi connectivity index (χ1n) is 12.4. The van der Waals surface area contributed by atoms with Gasteiger partial charge < -0.3 is 15.2 Å². The third kappa shape index (κ3) is 5.22. The fourth-order valence-corrected chi connectivity index (χ4v) is 5.60. The number of benzene rings is 2. The highest BCUT2D eigenvalue weighted by molar-refractivity contribution is 7.22. The Labute approximate surface area is 209 Å². The zero-order chi connectivity index (χ0) is 24.4. The van der Waals surface area contributed by atoms with Gasteiger partial charge in [0.25, 0.3) is 0 Å². The zero-order valence-electron chi connectivity index (χ0n) is 20.2. The minimum atomic E-state index is -0.108. The Morgan fingerprint density at radius 3 is 2.63 bits per heavy atom. The Hall–Kier alpha value is -3.26. The molecule has 7 nitrogen and oxygen atoms in total. The van der Waals surface area contributed by atoms with E-state index < -0.39 is 0 Å². The van der Waals surface area contributed by atoms with Gasteiger partial charge >= 0.3 is 0 Å².